The predicted octanol–water partition coefficient (Wildman–Crippen LogP) is 3.56. The van der Waals surface area contributed by atoms with Gasteiger partial charge in [-0.05, 0) is 37.3 Å². The molecule has 0 saturated heterocycles. The Bertz CT molecular complexity index is 1280. The van der Waals surface area contributed by atoms with Crippen molar-refractivity contribution in [3.05, 3.63) is 42.0 Å². The van der Waals surface area contributed by atoms with E-state index >= 15 is 0 Å². The first-order valence-electron chi connectivity index (χ1n) is 9.60. The van der Waals surface area contributed by atoms with Gasteiger partial charge in [-0.3, -0.25) is 10.1 Å². The van der Waals surface area contributed by atoms with E-state index in [1.807, 2.05) is 11.5 Å². The second-order valence-electron chi connectivity index (χ2n) is 6.68. The third-order valence-corrected chi connectivity index (χ3v) is 4.54. The number of alkyl halides is 3. The number of halogens is 3. The topological polar surface area (TPSA) is 114 Å². The fourth-order valence-electron chi connectivity index (χ4n) is 3.21. The van der Waals surface area contributed by atoms with Crippen molar-refractivity contribution in [3.63, 3.8) is 0 Å². The zero-order valence-electron chi connectivity index (χ0n) is 16.7. The summed E-state index contributed by atoms with van der Waals surface area (Å²) in [5.74, 6) is -0.369. The van der Waals surface area contributed by atoms with Gasteiger partial charge in [0.05, 0.1) is 17.6 Å². The molecule has 0 bridgehead atoms. The van der Waals surface area contributed by atoms with Gasteiger partial charge in [-0.15, -0.1) is 13.2 Å². The van der Waals surface area contributed by atoms with Gasteiger partial charge in [0, 0.05) is 24.7 Å². The van der Waals surface area contributed by atoms with E-state index in [0.29, 0.717) is 29.1 Å². The van der Waals surface area contributed by atoms with Crippen molar-refractivity contribution < 1.29 is 32.2 Å². The third kappa shape index (κ3) is 4.44. The highest BCUT2D eigenvalue weighted by Gasteiger charge is 2.31. The van der Waals surface area contributed by atoms with Crippen LogP contribution in [0.15, 0.2) is 40.8 Å². The number of aliphatic hydroxyl groups excluding tert-OH is 1. The molecule has 0 aliphatic carbocycles. The van der Waals surface area contributed by atoms with Gasteiger partial charge in [0.25, 0.3) is 5.91 Å². The molecule has 0 aliphatic heterocycles. The Balaban J connectivity index is 1.63. The molecule has 0 fully saturated rings. The van der Waals surface area contributed by atoms with E-state index in [0.717, 1.165) is 17.6 Å². The number of aryl methyl sites for hydroxylation is 1. The van der Waals surface area contributed by atoms with Gasteiger partial charge < -0.3 is 24.1 Å². The smallest absolute Gasteiger partial charge is 0.423 e. The minimum atomic E-state index is -4.81. The Kier molecular flexibility index (Phi) is 5.61. The summed E-state index contributed by atoms with van der Waals surface area (Å²) >= 11 is 0. The van der Waals surface area contributed by atoms with Gasteiger partial charge in [0.1, 0.15) is 11.3 Å². The molecule has 0 unspecified atom stereocenters. The predicted molar refractivity (Wildman–Crippen MR) is 109 cm³/mol. The molecule has 0 aliphatic rings. The van der Waals surface area contributed by atoms with Crippen LogP contribution in [0.3, 0.4) is 0 Å². The van der Waals surface area contributed by atoms with E-state index in [9.17, 15) is 18.0 Å². The maximum absolute atomic E-state index is 12.4. The Morgan fingerprint density at radius 1 is 1.19 bits per heavy atom. The molecule has 4 rings (SSSR count). The van der Waals surface area contributed by atoms with Crippen molar-refractivity contribution in [2.45, 2.75) is 19.8 Å². The molecular weight excluding hydrogens is 431 g/mol. The lowest BCUT2D eigenvalue weighted by molar-refractivity contribution is -0.274. The Labute approximate surface area is 178 Å². The van der Waals surface area contributed by atoms with Crippen LogP contribution in [-0.4, -0.2) is 45.1 Å². The van der Waals surface area contributed by atoms with Crippen LogP contribution in [0, 0.1) is 0 Å². The third-order valence-electron chi connectivity index (χ3n) is 4.54. The highest BCUT2D eigenvalue weighted by Crippen LogP contribution is 2.30. The van der Waals surface area contributed by atoms with Crippen LogP contribution < -0.4 is 15.4 Å². The average Bonchev–Trinajstić information content (AvgIpc) is 3.29. The molecule has 2 aromatic carbocycles. The van der Waals surface area contributed by atoms with Gasteiger partial charge >= 0.3 is 12.4 Å². The van der Waals surface area contributed by atoms with Crippen molar-refractivity contribution >= 4 is 40.0 Å². The minimum Gasteiger partial charge on any atom is -0.423 e. The summed E-state index contributed by atoms with van der Waals surface area (Å²) in [6.45, 7) is 2.42. The fraction of sp³-hybridized carbons (Fsp3) is 0.250. The first kappa shape index (κ1) is 21.4. The number of rotatable bonds is 7. The monoisotopic (exact) mass is 449 g/mol. The molecule has 2 heterocycles. The van der Waals surface area contributed by atoms with Crippen LogP contribution in [-0.2, 0) is 6.54 Å². The van der Waals surface area contributed by atoms with Crippen LogP contribution in [0.2, 0.25) is 0 Å². The Hall–Kier alpha value is -3.80. The molecule has 0 spiro atoms. The number of aliphatic hydroxyl groups is 1. The van der Waals surface area contributed by atoms with Crippen molar-refractivity contribution in [2.24, 2.45) is 0 Å². The van der Waals surface area contributed by atoms with Crippen molar-refractivity contribution in [3.8, 4) is 5.75 Å². The number of amides is 1. The van der Waals surface area contributed by atoms with E-state index in [4.69, 9.17) is 9.52 Å². The number of imidazole rings is 1. The van der Waals surface area contributed by atoms with Crippen molar-refractivity contribution in [1.82, 2.24) is 19.9 Å². The summed E-state index contributed by atoms with van der Waals surface area (Å²) in [6, 6.07) is 8.65. The summed E-state index contributed by atoms with van der Waals surface area (Å²) in [7, 11) is 0. The lowest BCUT2D eigenvalue weighted by Gasteiger charge is -2.07. The first-order chi connectivity index (χ1) is 15.3. The van der Waals surface area contributed by atoms with E-state index in [1.165, 1.54) is 6.07 Å². The van der Waals surface area contributed by atoms with Gasteiger partial charge in [-0.2, -0.15) is 4.98 Å². The molecule has 2 aromatic heterocycles. The molecule has 0 radical (unpaired) electrons. The summed E-state index contributed by atoms with van der Waals surface area (Å²) in [5, 5.41) is 14.4. The quantitative estimate of drug-likeness (QED) is 0.395. The number of carbonyl (C=O) groups is 1. The lowest BCUT2D eigenvalue weighted by atomic mass is 10.2. The molecular formula is C20H18F3N5O4. The van der Waals surface area contributed by atoms with Crippen LogP contribution in [0.4, 0.5) is 25.1 Å². The number of oxazole rings is 1. The number of ether oxygens (including phenoxy) is 1. The highest BCUT2D eigenvalue weighted by molar-refractivity contribution is 5.97. The summed E-state index contributed by atoms with van der Waals surface area (Å²) < 4.78 is 48.5. The first-order valence-corrected chi connectivity index (χ1v) is 9.60. The highest BCUT2D eigenvalue weighted by atomic mass is 19.4. The number of carbonyl (C=O) groups excluding carboxylic acids is 1. The molecule has 0 saturated carbocycles. The SMILES string of the molecule is CCn1c(Nc2nc3ccc(OC(F)(F)F)cc3o2)nc2cc(C(=O)NCCO)ccc21. The van der Waals surface area contributed by atoms with E-state index in [2.05, 4.69) is 25.3 Å². The zero-order chi connectivity index (χ0) is 22.9. The normalized spacial score (nSPS) is 11.8. The largest absolute Gasteiger partial charge is 0.573 e. The number of aromatic nitrogens is 3. The molecule has 0 atom stereocenters. The summed E-state index contributed by atoms with van der Waals surface area (Å²) in [4.78, 5) is 20.8. The number of fused-ring (bicyclic) bond motifs is 2. The molecule has 168 valence electrons. The zero-order valence-corrected chi connectivity index (χ0v) is 16.7. The lowest BCUT2D eigenvalue weighted by Crippen LogP contribution is -2.26. The van der Waals surface area contributed by atoms with Crippen molar-refractivity contribution in [1.29, 1.82) is 0 Å². The van der Waals surface area contributed by atoms with Crippen LogP contribution >= 0.6 is 0 Å². The fourth-order valence-corrected chi connectivity index (χ4v) is 3.21. The van der Waals surface area contributed by atoms with Gasteiger partial charge in [-0.25, -0.2) is 4.98 Å². The van der Waals surface area contributed by atoms with E-state index in [-0.39, 0.29) is 30.7 Å². The second-order valence-corrected chi connectivity index (χ2v) is 6.68. The Morgan fingerprint density at radius 2 is 2.00 bits per heavy atom. The number of nitrogens with one attached hydrogen (secondary N) is 2. The van der Waals surface area contributed by atoms with E-state index in [1.54, 1.807) is 18.2 Å². The minimum absolute atomic E-state index is 0.0371. The van der Waals surface area contributed by atoms with Gasteiger partial charge in [0.2, 0.25) is 5.95 Å². The Morgan fingerprint density at radius 3 is 2.72 bits per heavy atom. The number of anilines is 2. The summed E-state index contributed by atoms with van der Waals surface area (Å²) in [5.41, 5.74) is 2.13. The number of hydrogen-bond acceptors (Lipinski definition) is 7. The molecule has 3 N–H and O–H groups in total. The van der Waals surface area contributed by atoms with Crippen molar-refractivity contribution in [2.75, 3.05) is 18.5 Å². The standard InChI is InChI=1S/C20H18F3N5O4/c1-2-28-15-6-3-11(17(30)24-7-8-29)9-14(15)25-18(28)27-19-26-13-5-4-12(10-16(13)31-19)32-20(21,22)23/h3-6,9-10,29H,2,7-8H2,1H3,(H,24,30)(H,25,26,27). The number of hydrogen-bond donors (Lipinski definition) is 3. The molecule has 9 nitrogen and oxygen atoms in total. The average molecular weight is 449 g/mol. The maximum atomic E-state index is 12.4. The number of nitrogens with zero attached hydrogens (tertiary/aromatic N) is 3. The van der Waals surface area contributed by atoms with Crippen LogP contribution in [0.1, 0.15) is 17.3 Å². The van der Waals surface area contributed by atoms with Gasteiger partial charge in [-0.1, -0.05) is 0 Å². The van der Waals surface area contributed by atoms with E-state index < -0.39 is 12.1 Å². The maximum Gasteiger partial charge on any atom is 0.573 e. The second kappa shape index (κ2) is 8.38. The molecule has 1 amide bonds. The summed E-state index contributed by atoms with van der Waals surface area (Å²) in [6.07, 6.45) is -4.81. The molecule has 32 heavy (non-hydrogen) atoms. The van der Waals surface area contributed by atoms with Gasteiger partial charge in [0.15, 0.2) is 5.58 Å². The number of benzene rings is 2. The molecule has 12 heteroatoms. The van der Waals surface area contributed by atoms with Crippen LogP contribution in [0.5, 0.6) is 5.75 Å². The molecule has 4 aromatic rings. The van der Waals surface area contributed by atoms with Crippen LogP contribution in [0.25, 0.3) is 22.1 Å².